The van der Waals surface area contributed by atoms with Gasteiger partial charge in [0.25, 0.3) is 5.91 Å². The first kappa shape index (κ1) is 17.5. The number of carbonyl (C=O) groups excluding carboxylic acids is 1. The average Bonchev–Trinajstić information content (AvgIpc) is 3.03. The number of aliphatic carboxylic acids is 1. The summed E-state index contributed by atoms with van der Waals surface area (Å²) in [4.78, 5) is 22.3. The number of carboxylic acids is 1. The Hall–Kier alpha value is -2.87. The molecule has 0 bridgehead atoms. The van der Waals surface area contributed by atoms with E-state index in [1.807, 2.05) is 12.1 Å². The number of nitrogens with one attached hydrogen (secondary N) is 1. The molecular formula is C16H18N2O6. The van der Waals surface area contributed by atoms with Crippen molar-refractivity contribution in [1.29, 1.82) is 0 Å². The van der Waals surface area contributed by atoms with Crippen molar-refractivity contribution in [2.75, 3.05) is 20.3 Å². The maximum atomic E-state index is 11.9. The van der Waals surface area contributed by atoms with Crippen LogP contribution in [0.5, 0.6) is 5.75 Å². The summed E-state index contributed by atoms with van der Waals surface area (Å²) >= 11 is 0. The molecule has 0 fully saturated rings. The van der Waals surface area contributed by atoms with E-state index in [2.05, 4.69) is 10.5 Å². The van der Waals surface area contributed by atoms with E-state index in [1.54, 1.807) is 12.1 Å². The third-order valence-electron chi connectivity index (χ3n) is 3.06. The molecule has 2 N–H and O–H groups in total. The van der Waals surface area contributed by atoms with Crippen LogP contribution < -0.4 is 10.1 Å². The Kier molecular flexibility index (Phi) is 6.32. The van der Waals surface area contributed by atoms with Crippen molar-refractivity contribution in [3.8, 4) is 5.75 Å². The monoisotopic (exact) mass is 334 g/mol. The molecule has 8 heteroatoms. The molecule has 0 radical (unpaired) electrons. The highest BCUT2D eigenvalue weighted by molar-refractivity contribution is 5.92. The van der Waals surface area contributed by atoms with E-state index in [0.29, 0.717) is 24.5 Å². The van der Waals surface area contributed by atoms with Crippen molar-refractivity contribution in [1.82, 2.24) is 10.5 Å². The zero-order valence-electron chi connectivity index (χ0n) is 13.2. The largest absolute Gasteiger partial charge is 0.482 e. The Morgan fingerprint density at radius 3 is 2.71 bits per heavy atom. The summed E-state index contributed by atoms with van der Waals surface area (Å²) in [5.74, 6) is -0.371. The van der Waals surface area contributed by atoms with E-state index in [0.717, 1.165) is 5.56 Å². The molecule has 1 amide bonds. The van der Waals surface area contributed by atoms with Crippen LogP contribution in [0, 0.1) is 0 Å². The van der Waals surface area contributed by atoms with E-state index in [4.69, 9.17) is 19.1 Å². The molecule has 0 spiro atoms. The smallest absolute Gasteiger partial charge is 0.341 e. The van der Waals surface area contributed by atoms with Gasteiger partial charge in [-0.2, -0.15) is 0 Å². The Balaban J connectivity index is 1.76. The highest BCUT2D eigenvalue weighted by Gasteiger charge is 2.11. The standard InChI is InChI=1S/C16H18N2O6/c1-22-9-13-8-14(18-24-13)16(21)17-7-6-11-2-4-12(5-3-11)23-10-15(19)20/h2-5,8H,6-7,9-10H2,1H3,(H,17,21)(H,19,20). The Bertz CT molecular complexity index is 680. The lowest BCUT2D eigenvalue weighted by atomic mass is 10.1. The van der Waals surface area contributed by atoms with Crippen LogP contribution >= 0.6 is 0 Å². The fourth-order valence-electron chi connectivity index (χ4n) is 1.94. The van der Waals surface area contributed by atoms with Crippen molar-refractivity contribution in [2.45, 2.75) is 13.0 Å². The van der Waals surface area contributed by atoms with Gasteiger partial charge in [-0.25, -0.2) is 4.79 Å². The number of amides is 1. The molecule has 0 aliphatic carbocycles. The molecule has 1 heterocycles. The van der Waals surface area contributed by atoms with Gasteiger partial charge in [-0.1, -0.05) is 17.3 Å². The van der Waals surface area contributed by atoms with Crippen LogP contribution in [-0.2, 0) is 22.6 Å². The molecule has 0 aliphatic rings. The van der Waals surface area contributed by atoms with E-state index >= 15 is 0 Å². The van der Waals surface area contributed by atoms with Crippen LogP contribution in [0.4, 0.5) is 0 Å². The molecule has 0 atom stereocenters. The van der Waals surface area contributed by atoms with Gasteiger partial charge >= 0.3 is 5.97 Å². The van der Waals surface area contributed by atoms with E-state index in [9.17, 15) is 9.59 Å². The van der Waals surface area contributed by atoms with Gasteiger partial charge in [0.1, 0.15) is 12.4 Å². The van der Waals surface area contributed by atoms with Gasteiger partial charge in [-0.3, -0.25) is 4.79 Å². The van der Waals surface area contributed by atoms with Crippen molar-refractivity contribution >= 4 is 11.9 Å². The first-order valence-corrected chi connectivity index (χ1v) is 7.24. The summed E-state index contributed by atoms with van der Waals surface area (Å²) in [5, 5.41) is 15.0. The highest BCUT2D eigenvalue weighted by Crippen LogP contribution is 2.12. The predicted octanol–water partition coefficient (Wildman–Crippen LogP) is 1.26. The Morgan fingerprint density at radius 1 is 1.29 bits per heavy atom. The molecule has 128 valence electrons. The number of hydrogen-bond donors (Lipinski definition) is 2. The van der Waals surface area contributed by atoms with Crippen LogP contribution in [0.1, 0.15) is 21.8 Å². The minimum atomic E-state index is -1.02. The van der Waals surface area contributed by atoms with Crippen LogP contribution in [0.3, 0.4) is 0 Å². The molecular weight excluding hydrogens is 316 g/mol. The first-order chi connectivity index (χ1) is 11.6. The van der Waals surface area contributed by atoms with Gasteiger partial charge < -0.3 is 24.4 Å². The van der Waals surface area contributed by atoms with Gasteiger partial charge in [0, 0.05) is 19.7 Å². The van der Waals surface area contributed by atoms with Crippen LogP contribution in [0.15, 0.2) is 34.9 Å². The zero-order valence-corrected chi connectivity index (χ0v) is 13.2. The minimum Gasteiger partial charge on any atom is -0.482 e. The van der Waals surface area contributed by atoms with Crippen molar-refractivity contribution in [3.05, 3.63) is 47.3 Å². The number of hydrogen-bond acceptors (Lipinski definition) is 6. The Morgan fingerprint density at radius 2 is 2.04 bits per heavy atom. The van der Waals surface area contributed by atoms with Crippen LogP contribution in [0.25, 0.3) is 0 Å². The van der Waals surface area contributed by atoms with Crippen molar-refractivity contribution in [3.63, 3.8) is 0 Å². The second-order valence-electron chi connectivity index (χ2n) is 4.94. The lowest BCUT2D eigenvalue weighted by molar-refractivity contribution is -0.139. The van der Waals surface area contributed by atoms with Crippen molar-refractivity contribution < 1.29 is 28.7 Å². The summed E-state index contributed by atoms with van der Waals surface area (Å²) in [6.45, 7) is 0.315. The summed E-state index contributed by atoms with van der Waals surface area (Å²) in [7, 11) is 1.53. The number of nitrogens with zero attached hydrogens (tertiary/aromatic N) is 1. The molecule has 8 nitrogen and oxygen atoms in total. The fourth-order valence-corrected chi connectivity index (χ4v) is 1.94. The molecule has 2 aromatic rings. The van der Waals surface area contributed by atoms with Gasteiger partial charge in [0.2, 0.25) is 0 Å². The first-order valence-electron chi connectivity index (χ1n) is 7.24. The molecule has 2 rings (SSSR count). The van der Waals surface area contributed by atoms with Crippen LogP contribution in [-0.4, -0.2) is 42.4 Å². The molecule has 0 unspecified atom stereocenters. The fraction of sp³-hybridized carbons (Fsp3) is 0.312. The number of rotatable bonds is 9. The number of methoxy groups -OCH3 is 1. The number of carbonyl (C=O) groups is 2. The van der Waals surface area contributed by atoms with Gasteiger partial charge in [-0.15, -0.1) is 0 Å². The predicted molar refractivity (Wildman–Crippen MR) is 82.8 cm³/mol. The average molecular weight is 334 g/mol. The molecule has 24 heavy (non-hydrogen) atoms. The number of carboxylic acid groups (broad SMARTS) is 1. The van der Waals surface area contributed by atoms with Gasteiger partial charge in [-0.05, 0) is 24.1 Å². The minimum absolute atomic E-state index is 0.208. The van der Waals surface area contributed by atoms with E-state index < -0.39 is 5.97 Å². The zero-order chi connectivity index (χ0) is 17.4. The molecule has 0 saturated heterocycles. The number of benzene rings is 1. The quantitative estimate of drug-likeness (QED) is 0.710. The third-order valence-corrected chi connectivity index (χ3v) is 3.06. The summed E-state index contributed by atoms with van der Waals surface area (Å²) in [6.07, 6.45) is 0.619. The Labute approximate surface area is 138 Å². The molecule has 0 aliphatic heterocycles. The normalized spacial score (nSPS) is 10.4. The molecule has 1 aromatic carbocycles. The van der Waals surface area contributed by atoms with E-state index in [1.165, 1.54) is 13.2 Å². The third kappa shape index (κ3) is 5.40. The second-order valence-corrected chi connectivity index (χ2v) is 4.94. The molecule has 0 saturated carbocycles. The lowest BCUT2D eigenvalue weighted by Gasteiger charge is -2.06. The summed E-state index contributed by atoms with van der Waals surface area (Å²) < 4.78 is 14.9. The number of ether oxygens (including phenoxy) is 2. The summed E-state index contributed by atoms with van der Waals surface area (Å²) in [6, 6.07) is 8.54. The maximum absolute atomic E-state index is 11.9. The van der Waals surface area contributed by atoms with Crippen molar-refractivity contribution in [2.24, 2.45) is 0 Å². The topological polar surface area (TPSA) is 111 Å². The number of aromatic nitrogens is 1. The SMILES string of the molecule is COCc1cc(C(=O)NCCc2ccc(OCC(=O)O)cc2)no1. The highest BCUT2D eigenvalue weighted by atomic mass is 16.5. The lowest BCUT2D eigenvalue weighted by Crippen LogP contribution is -2.25. The van der Waals surface area contributed by atoms with Gasteiger partial charge in [0.15, 0.2) is 18.1 Å². The van der Waals surface area contributed by atoms with Gasteiger partial charge in [0.05, 0.1) is 0 Å². The second kappa shape index (κ2) is 8.68. The maximum Gasteiger partial charge on any atom is 0.341 e. The summed E-state index contributed by atoms with van der Waals surface area (Å²) in [5.41, 5.74) is 1.19. The van der Waals surface area contributed by atoms with Crippen LogP contribution in [0.2, 0.25) is 0 Å². The van der Waals surface area contributed by atoms with E-state index in [-0.39, 0.29) is 24.8 Å². The molecule has 1 aromatic heterocycles.